The van der Waals surface area contributed by atoms with Crippen LogP contribution in [0.5, 0.6) is 17.2 Å². The first-order chi connectivity index (χ1) is 38.2. The van der Waals surface area contributed by atoms with Crippen molar-refractivity contribution in [1.82, 2.24) is 0 Å². The van der Waals surface area contributed by atoms with E-state index in [0.717, 1.165) is 77.0 Å². The predicted octanol–water partition coefficient (Wildman–Crippen LogP) is 10.1. The van der Waals surface area contributed by atoms with Gasteiger partial charge in [0.15, 0.2) is 17.3 Å². The van der Waals surface area contributed by atoms with Crippen LogP contribution < -0.4 is 28.9 Å². The van der Waals surface area contributed by atoms with E-state index >= 15 is 0 Å². The minimum Gasteiger partial charge on any atom is -0.493 e. The van der Waals surface area contributed by atoms with E-state index < -0.39 is 16.6 Å². The molecular weight excluding hydrogens is 1040 g/mol. The number of nitrogens with zero attached hydrogens (tertiary/aromatic N) is 3. The van der Waals surface area contributed by atoms with E-state index in [1.807, 2.05) is 77.4 Å². The summed E-state index contributed by atoms with van der Waals surface area (Å²) in [6, 6.07) is 30.7. The molecule has 420 valence electrons. The highest BCUT2D eigenvalue weighted by molar-refractivity contribution is 8.77. The number of methoxy groups -OCH3 is 3. The number of carboxylic acids is 1. The number of Topliss-reactive ketones (excluding diaryl/α,β-unsaturated/α-hetero) is 1. The van der Waals surface area contributed by atoms with Crippen molar-refractivity contribution in [2.24, 2.45) is 5.92 Å². The number of carboxylic acid groups (broad SMARTS) is 1. The molecule has 0 aromatic heterocycles. The van der Waals surface area contributed by atoms with Gasteiger partial charge in [-0.2, -0.15) is 0 Å². The number of amides is 2. The number of rotatable bonds is 28. The van der Waals surface area contributed by atoms with Crippen molar-refractivity contribution < 1.29 is 57.4 Å². The van der Waals surface area contributed by atoms with Gasteiger partial charge in [0.2, 0.25) is 0 Å². The highest BCUT2D eigenvalue weighted by atomic mass is 33.1. The number of hydrogen-bond acceptors (Lipinski definition) is 14. The Hall–Kier alpha value is -6.08. The Kier molecular flexibility index (Phi) is 19.3. The van der Waals surface area contributed by atoms with E-state index in [4.69, 9.17) is 33.2 Å². The van der Waals surface area contributed by atoms with Gasteiger partial charge in [-0.15, -0.1) is 0 Å². The molecule has 79 heavy (non-hydrogen) atoms. The van der Waals surface area contributed by atoms with Crippen molar-refractivity contribution in [2.45, 2.75) is 95.8 Å². The summed E-state index contributed by atoms with van der Waals surface area (Å²) in [6.07, 6.45) is 4.70. The van der Waals surface area contributed by atoms with Gasteiger partial charge in [0, 0.05) is 84.5 Å². The number of para-hydroxylation sites is 2. The molecule has 0 spiro atoms. The molecule has 0 radical (unpaired) electrons. The molecule has 4 aliphatic rings. The number of anilines is 3. The normalized spacial score (nSPS) is 16.7. The molecule has 5 aromatic carbocycles. The molecule has 0 saturated heterocycles. The Morgan fingerprint density at radius 3 is 1.86 bits per heavy atom. The third-order valence-corrected chi connectivity index (χ3v) is 18.4. The minimum atomic E-state index is -1.02. The average Bonchev–Trinajstić information content (AvgIpc) is 3.96. The number of aliphatic carboxylic acids is 1. The zero-order chi connectivity index (χ0) is 55.6. The Morgan fingerprint density at radius 2 is 1.27 bits per heavy atom. The summed E-state index contributed by atoms with van der Waals surface area (Å²) < 4.78 is 40.9. The van der Waals surface area contributed by atoms with E-state index in [-0.39, 0.29) is 61.7 Å². The molecule has 1 N–H and O–H groups in total. The van der Waals surface area contributed by atoms with Gasteiger partial charge in [-0.1, -0.05) is 58.0 Å². The smallest absolute Gasteiger partial charge is 0.307 e. The predicted molar refractivity (Wildman–Crippen MR) is 310 cm³/mol. The van der Waals surface area contributed by atoms with E-state index in [0.29, 0.717) is 80.9 Å². The third kappa shape index (κ3) is 13.9. The zero-order valence-corrected chi connectivity index (χ0v) is 47.8. The van der Waals surface area contributed by atoms with Gasteiger partial charge in [0.05, 0.1) is 46.1 Å². The molecule has 2 amide bonds. The largest absolute Gasteiger partial charge is 0.493 e. The molecule has 5 aromatic rings. The monoisotopic (exact) mass is 1120 g/mol. The van der Waals surface area contributed by atoms with Crippen LogP contribution in [0.4, 0.5) is 17.1 Å². The molecule has 17 heteroatoms. The number of aryl methyl sites for hydroxylation is 3. The van der Waals surface area contributed by atoms with Crippen molar-refractivity contribution in [1.29, 1.82) is 0 Å². The number of carbonyl (C=O) groups excluding carboxylic acids is 3. The SMILES string of the molecule is COCCOCCOCCN(CC(C)(C)SSCC(CC(=O)COC)C(=O)O)c1cc(COc2cc3c(cc2C)C(=O)N2c4ccccc4C[C@H]2CC3)cc(COc2cc3c(cc2OC)C(=O)N2c4ccccc4C[C@H]2CC3)c1. The summed E-state index contributed by atoms with van der Waals surface area (Å²) in [6.45, 7) is 9.72. The van der Waals surface area contributed by atoms with E-state index in [1.54, 1.807) is 25.0 Å². The maximum atomic E-state index is 14.3. The third-order valence-electron chi connectivity index (χ3n) is 15.1. The average molecular weight is 1120 g/mol. The zero-order valence-electron chi connectivity index (χ0n) is 46.2. The maximum Gasteiger partial charge on any atom is 0.307 e. The van der Waals surface area contributed by atoms with Crippen molar-refractivity contribution >= 4 is 62.2 Å². The molecule has 4 heterocycles. The van der Waals surface area contributed by atoms with Crippen LogP contribution in [-0.4, -0.2) is 125 Å². The minimum absolute atomic E-state index is 0.0272. The van der Waals surface area contributed by atoms with Gasteiger partial charge >= 0.3 is 5.97 Å². The molecule has 0 saturated carbocycles. The van der Waals surface area contributed by atoms with Gasteiger partial charge in [-0.3, -0.25) is 19.2 Å². The van der Waals surface area contributed by atoms with Crippen LogP contribution in [0.25, 0.3) is 0 Å². The second-order valence-corrected chi connectivity index (χ2v) is 24.4. The van der Waals surface area contributed by atoms with Crippen LogP contribution in [0, 0.1) is 12.8 Å². The summed E-state index contributed by atoms with van der Waals surface area (Å²) in [5.41, 5.74) is 11.1. The fourth-order valence-electron chi connectivity index (χ4n) is 11.2. The Labute approximate surface area is 471 Å². The Morgan fingerprint density at radius 1 is 0.696 bits per heavy atom. The molecule has 15 nitrogen and oxygen atoms in total. The topological polar surface area (TPSA) is 163 Å². The summed E-state index contributed by atoms with van der Waals surface area (Å²) >= 11 is 0. The molecule has 9 rings (SSSR count). The molecule has 1 unspecified atom stereocenters. The molecule has 4 aliphatic heterocycles. The fourth-order valence-corrected chi connectivity index (χ4v) is 14.1. The quantitative estimate of drug-likeness (QED) is 0.0372. The van der Waals surface area contributed by atoms with Crippen LogP contribution in [0.1, 0.15) is 92.8 Å². The Balaban J connectivity index is 0.994. The first-order valence-electron chi connectivity index (χ1n) is 27.2. The van der Waals surface area contributed by atoms with Crippen LogP contribution in [0.15, 0.2) is 91.0 Å². The first kappa shape index (κ1) is 57.6. The number of fused-ring (bicyclic) bond motifs is 8. The maximum absolute atomic E-state index is 14.3. The summed E-state index contributed by atoms with van der Waals surface area (Å²) in [4.78, 5) is 59.4. The lowest BCUT2D eigenvalue weighted by atomic mass is 9.98. The second kappa shape index (κ2) is 26.5. The highest BCUT2D eigenvalue weighted by Gasteiger charge is 2.39. The van der Waals surface area contributed by atoms with Crippen molar-refractivity contribution in [3.05, 3.63) is 141 Å². The Bertz CT molecular complexity index is 3000. The fraction of sp³-hybridized carbons (Fsp3) is 0.452. The molecule has 0 fully saturated rings. The van der Waals surface area contributed by atoms with Crippen LogP contribution in [-0.2, 0) is 67.4 Å². The number of benzene rings is 5. The van der Waals surface area contributed by atoms with Gasteiger partial charge in [0.1, 0.15) is 25.6 Å². The van der Waals surface area contributed by atoms with Crippen LogP contribution in [0.2, 0.25) is 0 Å². The number of ether oxygens (including phenoxy) is 7. The van der Waals surface area contributed by atoms with Crippen molar-refractivity contribution in [3.63, 3.8) is 0 Å². The van der Waals surface area contributed by atoms with Gasteiger partial charge in [-0.05, 0) is 153 Å². The summed E-state index contributed by atoms with van der Waals surface area (Å²) in [5.74, 6) is -0.162. The van der Waals surface area contributed by atoms with Gasteiger partial charge < -0.3 is 53.0 Å². The van der Waals surface area contributed by atoms with E-state index in [2.05, 4.69) is 49.1 Å². The van der Waals surface area contributed by atoms with Crippen molar-refractivity contribution in [3.8, 4) is 17.2 Å². The van der Waals surface area contributed by atoms with Gasteiger partial charge in [0.25, 0.3) is 11.8 Å². The molecule has 3 atom stereocenters. The number of carbonyl (C=O) groups is 4. The summed E-state index contributed by atoms with van der Waals surface area (Å²) in [7, 11) is 7.68. The number of hydrogen-bond donors (Lipinski definition) is 1. The van der Waals surface area contributed by atoms with Gasteiger partial charge in [-0.25, -0.2) is 0 Å². The standard InChI is InChI=1S/C62H73N3O12S2/c1-40-25-52-43(15-17-48-29-45-11-7-9-13-54(45)64(48)59(52)67)32-56(40)76-35-41-26-42(36-77-58-33-44-16-18-49-30-46-12-8-10-14-55(46)65(49)60(68)53(44)34-57(58)73-6)28-50(27-41)63(19-20-74-23-24-75-22-21-71-4)39-62(2,3)79-78-38-47(61(69)70)31-51(66)37-72-5/h7-14,25-28,32-34,47-49H,15-24,29-31,35-39H2,1-6H3,(H,69,70)/t47?,48-,49-/m1/s1. The molecular formula is C62H73N3O12S2. The highest BCUT2D eigenvalue weighted by Crippen LogP contribution is 2.43. The second-order valence-electron chi connectivity index (χ2n) is 21.4. The van der Waals surface area contributed by atoms with E-state index in [9.17, 15) is 24.3 Å². The molecule has 0 bridgehead atoms. The lowest BCUT2D eigenvalue weighted by Crippen LogP contribution is -2.38. The molecule has 0 aliphatic carbocycles. The van der Waals surface area contributed by atoms with Crippen molar-refractivity contribution in [2.75, 3.05) is 94.5 Å². The van der Waals surface area contributed by atoms with E-state index in [1.165, 1.54) is 29.0 Å². The van der Waals surface area contributed by atoms with Crippen LogP contribution in [0.3, 0.4) is 0 Å². The van der Waals surface area contributed by atoms with Crippen LogP contribution >= 0.6 is 21.6 Å². The number of ketones is 1. The lowest BCUT2D eigenvalue weighted by Gasteiger charge is -2.34. The summed E-state index contributed by atoms with van der Waals surface area (Å²) in [5, 5.41) is 10.0. The lowest BCUT2D eigenvalue weighted by molar-refractivity contribution is -0.143. The first-order valence-corrected chi connectivity index (χ1v) is 29.5.